The van der Waals surface area contributed by atoms with E-state index >= 15 is 0 Å². The van der Waals surface area contributed by atoms with Gasteiger partial charge < -0.3 is 10.2 Å². The Morgan fingerprint density at radius 2 is 2.17 bits per heavy atom. The number of piperidine rings is 1. The third-order valence-corrected chi connectivity index (χ3v) is 4.47. The van der Waals surface area contributed by atoms with Crippen LogP contribution in [-0.4, -0.2) is 33.8 Å². The number of hydrogen-bond donors (Lipinski definition) is 1. The van der Waals surface area contributed by atoms with Crippen molar-refractivity contribution >= 4 is 28.9 Å². The second-order valence-corrected chi connectivity index (χ2v) is 6.07. The number of halogens is 1. The zero-order valence-electron chi connectivity index (χ0n) is 13.1. The van der Waals surface area contributed by atoms with Crippen molar-refractivity contribution in [2.24, 2.45) is 5.92 Å². The maximum absolute atomic E-state index is 12.4. The number of amides is 1. The lowest BCUT2D eigenvalue weighted by molar-refractivity contribution is -0.120. The molecule has 122 valence electrons. The Balaban J connectivity index is 1.56. The molecule has 0 bridgehead atoms. The van der Waals surface area contributed by atoms with Crippen molar-refractivity contribution in [3.05, 3.63) is 35.9 Å². The highest BCUT2D eigenvalue weighted by atomic mass is 35.5. The molecule has 0 aromatic carbocycles. The van der Waals surface area contributed by atoms with Crippen LogP contribution >= 0.6 is 11.6 Å². The van der Waals surface area contributed by atoms with Gasteiger partial charge in [0.15, 0.2) is 0 Å². The minimum atomic E-state index is 0.0249. The highest BCUT2D eigenvalue weighted by molar-refractivity contribution is 6.33. The SMILES string of the molecule is CCn1cc(NC(=O)C2CCN(c3ccncc3Cl)CC2)cn1. The molecule has 0 spiro atoms. The van der Waals surface area contributed by atoms with Crippen LogP contribution in [0.25, 0.3) is 0 Å². The largest absolute Gasteiger partial charge is 0.370 e. The van der Waals surface area contributed by atoms with E-state index in [1.807, 2.05) is 19.2 Å². The number of nitrogens with one attached hydrogen (secondary N) is 1. The zero-order chi connectivity index (χ0) is 16.2. The summed E-state index contributed by atoms with van der Waals surface area (Å²) in [6.45, 7) is 4.44. The predicted octanol–water partition coefficient (Wildman–Crippen LogP) is 2.81. The second-order valence-electron chi connectivity index (χ2n) is 5.66. The fourth-order valence-electron chi connectivity index (χ4n) is 2.85. The van der Waals surface area contributed by atoms with E-state index in [1.165, 1.54) is 0 Å². The smallest absolute Gasteiger partial charge is 0.227 e. The summed E-state index contributed by atoms with van der Waals surface area (Å²) >= 11 is 6.19. The van der Waals surface area contributed by atoms with Crippen molar-refractivity contribution in [1.29, 1.82) is 0 Å². The molecule has 6 nitrogen and oxygen atoms in total. The van der Waals surface area contributed by atoms with Gasteiger partial charge in [-0.15, -0.1) is 0 Å². The average Bonchev–Trinajstić information content (AvgIpc) is 3.03. The quantitative estimate of drug-likeness (QED) is 0.934. The number of carbonyl (C=O) groups excluding carboxylic acids is 1. The monoisotopic (exact) mass is 333 g/mol. The first-order valence-electron chi connectivity index (χ1n) is 7.85. The first-order chi connectivity index (χ1) is 11.2. The van der Waals surface area contributed by atoms with Crippen molar-refractivity contribution in [2.45, 2.75) is 26.3 Å². The van der Waals surface area contributed by atoms with Crippen LogP contribution in [0.4, 0.5) is 11.4 Å². The van der Waals surface area contributed by atoms with Crippen LogP contribution in [0.3, 0.4) is 0 Å². The van der Waals surface area contributed by atoms with E-state index in [2.05, 4.69) is 20.3 Å². The van der Waals surface area contributed by atoms with Gasteiger partial charge in [-0.1, -0.05) is 11.6 Å². The maximum atomic E-state index is 12.4. The average molecular weight is 334 g/mol. The van der Waals surface area contributed by atoms with Gasteiger partial charge in [0.05, 0.1) is 22.6 Å². The van der Waals surface area contributed by atoms with E-state index in [0.717, 1.165) is 43.9 Å². The summed E-state index contributed by atoms with van der Waals surface area (Å²) in [5.41, 5.74) is 1.75. The molecular weight excluding hydrogens is 314 g/mol. The molecule has 1 fully saturated rings. The molecule has 3 heterocycles. The first-order valence-corrected chi connectivity index (χ1v) is 8.23. The number of pyridine rings is 1. The molecule has 23 heavy (non-hydrogen) atoms. The Morgan fingerprint density at radius 3 is 2.83 bits per heavy atom. The molecule has 1 aliphatic rings. The van der Waals surface area contributed by atoms with Crippen LogP contribution in [0, 0.1) is 5.92 Å². The molecule has 7 heteroatoms. The van der Waals surface area contributed by atoms with E-state index in [1.54, 1.807) is 23.3 Å². The van der Waals surface area contributed by atoms with Gasteiger partial charge in [-0.05, 0) is 25.8 Å². The van der Waals surface area contributed by atoms with Crippen LogP contribution < -0.4 is 10.2 Å². The summed E-state index contributed by atoms with van der Waals surface area (Å²) in [6, 6.07) is 1.92. The van der Waals surface area contributed by atoms with Crippen LogP contribution in [0.2, 0.25) is 5.02 Å². The molecule has 0 radical (unpaired) electrons. The van der Waals surface area contributed by atoms with Gasteiger partial charge in [0.2, 0.25) is 5.91 Å². The molecule has 0 atom stereocenters. The lowest BCUT2D eigenvalue weighted by Gasteiger charge is -2.33. The van der Waals surface area contributed by atoms with Gasteiger partial charge in [-0.2, -0.15) is 5.10 Å². The number of carbonyl (C=O) groups is 1. The Morgan fingerprint density at radius 1 is 1.39 bits per heavy atom. The fraction of sp³-hybridized carbons (Fsp3) is 0.438. The molecule has 0 aliphatic carbocycles. The van der Waals surface area contributed by atoms with Crippen LogP contribution in [-0.2, 0) is 11.3 Å². The predicted molar refractivity (Wildman–Crippen MR) is 90.7 cm³/mol. The number of nitrogens with zero attached hydrogens (tertiary/aromatic N) is 4. The van der Waals surface area contributed by atoms with E-state index in [0.29, 0.717) is 5.02 Å². The number of aromatic nitrogens is 3. The topological polar surface area (TPSA) is 63.1 Å². The summed E-state index contributed by atoms with van der Waals surface area (Å²) in [6.07, 6.45) is 8.56. The number of aryl methyl sites for hydroxylation is 1. The fourth-order valence-corrected chi connectivity index (χ4v) is 3.09. The summed E-state index contributed by atoms with van der Waals surface area (Å²) in [4.78, 5) is 18.6. The number of hydrogen-bond acceptors (Lipinski definition) is 4. The van der Waals surface area contributed by atoms with Gasteiger partial charge in [0, 0.05) is 44.1 Å². The highest BCUT2D eigenvalue weighted by Crippen LogP contribution is 2.29. The third-order valence-electron chi connectivity index (χ3n) is 4.18. The molecule has 1 N–H and O–H groups in total. The molecule has 3 rings (SSSR count). The van der Waals surface area contributed by atoms with Crippen molar-refractivity contribution in [3.8, 4) is 0 Å². The summed E-state index contributed by atoms with van der Waals surface area (Å²) in [5.74, 6) is 0.0953. The standard InChI is InChI=1S/C16H20ClN5O/c1-2-22-11-13(9-19-22)20-16(23)12-4-7-21(8-5-12)15-3-6-18-10-14(15)17/h3,6,9-12H,2,4-5,7-8H2,1H3,(H,20,23). The molecule has 0 unspecified atom stereocenters. The molecular formula is C16H20ClN5O. The molecule has 1 saturated heterocycles. The molecule has 1 aliphatic heterocycles. The van der Waals surface area contributed by atoms with Gasteiger partial charge in [0.25, 0.3) is 0 Å². The van der Waals surface area contributed by atoms with E-state index in [-0.39, 0.29) is 11.8 Å². The summed E-state index contributed by atoms with van der Waals surface area (Å²) < 4.78 is 1.80. The van der Waals surface area contributed by atoms with E-state index in [9.17, 15) is 4.79 Å². The normalized spacial score (nSPS) is 15.7. The molecule has 1 amide bonds. The number of rotatable bonds is 4. The lowest BCUT2D eigenvalue weighted by atomic mass is 9.95. The lowest BCUT2D eigenvalue weighted by Crippen LogP contribution is -2.38. The van der Waals surface area contributed by atoms with Gasteiger partial charge in [0.1, 0.15) is 0 Å². The van der Waals surface area contributed by atoms with Crippen LogP contribution in [0.1, 0.15) is 19.8 Å². The van der Waals surface area contributed by atoms with Gasteiger partial charge >= 0.3 is 0 Å². The maximum Gasteiger partial charge on any atom is 0.227 e. The van der Waals surface area contributed by atoms with Crippen LogP contribution in [0.15, 0.2) is 30.9 Å². The molecule has 2 aromatic heterocycles. The van der Waals surface area contributed by atoms with E-state index < -0.39 is 0 Å². The van der Waals surface area contributed by atoms with Gasteiger partial charge in [-0.3, -0.25) is 14.5 Å². The summed E-state index contributed by atoms with van der Waals surface area (Å²) in [5, 5.41) is 7.78. The van der Waals surface area contributed by atoms with Crippen LogP contribution in [0.5, 0.6) is 0 Å². The van der Waals surface area contributed by atoms with Crippen molar-refractivity contribution < 1.29 is 4.79 Å². The molecule has 0 saturated carbocycles. The van der Waals surface area contributed by atoms with E-state index in [4.69, 9.17) is 11.6 Å². The third kappa shape index (κ3) is 3.64. The minimum Gasteiger partial charge on any atom is -0.370 e. The van der Waals surface area contributed by atoms with Gasteiger partial charge in [-0.25, -0.2) is 0 Å². The zero-order valence-corrected chi connectivity index (χ0v) is 13.8. The van der Waals surface area contributed by atoms with Crippen molar-refractivity contribution in [1.82, 2.24) is 14.8 Å². The highest BCUT2D eigenvalue weighted by Gasteiger charge is 2.26. The molecule has 2 aromatic rings. The minimum absolute atomic E-state index is 0.0249. The Bertz CT molecular complexity index is 679. The van der Waals surface area contributed by atoms with Crippen molar-refractivity contribution in [2.75, 3.05) is 23.3 Å². The Hall–Kier alpha value is -2.08. The Kier molecular flexibility index (Phi) is 4.81. The second kappa shape index (κ2) is 7.00. The summed E-state index contributed by atoms with van der Waals surface area (Å²) in [7, 11) is 0. The first kappa shape index (κ1) is 15.8. The number of anilines is 2. The van der Waals surface area contributed by atoms with Crippen molar-refractivity contribution in [3.63, 3.8) is 0 Å². The Labute approximate surface area is 140 Å².